The lowest BCUT2D eigenvalue weighted by Gasteiger charge is -2.31. The summed E-state index contributed by atoms with van der Waals surface area (Å²) in [6.45, 7) is 6.97. The van der Waals surface area contributed by atoms with Crippen molar-refractivity contribution < 1.29 is 9.53 Å². The van der Waals surface area contributed by atoms with Gasteiger partial charge in [-0.25, -0.2) is 4.79 Å². The molecule has 0 atom stereocenters. The zero-order valence-electron chi connectivity index (χ0n) is 11.7. The fraction of sp³-hybridized carbons (Fsp3) is 0.533. The van der Waals surface area contributed by atoms with Crippen molar-refractivity contribution in [3.63, 3.8) is 0 Å². The molecule has 0 fully saturated rings. The van der Waals surface area contributed by atoms with Gasteiger partial charge in [0.1, 0.15) is 5.60 Å². The Morgan fingerprint density at radius 1 is 1.37 bits per heavy atom. The van der Waals surface area contributed by atoms with E-state index >= 15 is 0 Å². The van der Waals surface area contributed by atoms with Crippen molar-refractivity contribution in [2.45, 2.75) is 45.2 Å². The molecule has 0 unspecified atom stereocenters. The minimum atomic E-state index is -0.445. The first-order valence-corrected chi connectivity index (χ1v) is 7.07. The third-order valence-corrected chi connectivity index (χ3v) is 3.40. The van der Waals surface area contributed by atoms with E-state index in [0.29, 0.717) is 19.0 Å². The summed E-state index contributed by atoms with van der Waals surface area (Å²) in [6, 6.07) is 6.21. The molecule has 1 aliphatic heterocycles. The van der Waals surface area contributed by atoms with Gasteiger partial charge in [0, 0.05) is 19.0 Å². The summed E-state index contributed by atoms with van der Waals surface area (Å²) in [5.41, 5.74) is 3.16. The Morgan fingerprint density at radius 2 is 2.11 bits per heavy atom. The smallest absolute Gasteiger partial charge is 0.410 e. The second-order valence-electron chi connectivity index (χ2n) is 5.89. The number of amides is 1. The zero-order chi connectivity index (χ0) is 14.0. The van der Waals surface area contributed by atoms with Crippen LogP contribution in [-0.2, 0) is 23.6 Å². The normalized spacial score (nSPS) is 15.1. The standard InChI is InChI=1S/C15H20ClNO2/c1-15(2,3)19-14(18)17-7-6-12-8-11(9-16)4-5-13(12)10-17/h4-5,8H,6-7,9-10H2,1-3H3. The summed E-state index contributed by atoms with van der Waals surface area (Å²) in [4.78, 5) is 13.8. The lowest BCUT2D eigenvalue weighted by atomic mass is 9.98. The molecule has 0 saturated heterocycles. The van der Waals surface area contributed by atoms with Crippen LogP contribution in [0.1, 0.15) is 37.5 Å². The number of benzene rings is 1. The number of hydrogen-bond donors (Lipinski definition) is 0. The minimum absolute atomic E-state index is 0.237. The lowest BCUT2D eigenvalue weighted by Crippen LogP contribution is -2.39. The van der Waals surface area contributed by atoms with Gasteiger partial charge in [0.25, 0.3) is 0 Å². The fourth-order valence-corrected chi connectivity index (χ4v) is 2.34. The molecule has 0 bridgehead atoms. The molecule has 2 rings (SSSR count). The number of hydrogen-bond acceptors (Lipinski definition) is 2. The summed E-state index contributed by atoms with van der Waals surface area (Å²) >= 11 is 5.84. The molecule has 4 heteroatoms. The van der Waals surface area contributed by atoms with Crippen molar-refractivity contribution in [2.75, 3.05) is 6.54 Å². The van der Waals surface area contributed by atoms with E-state index in [0.717, 1.165) is 12.0 Å². The number of alkyl halides is 1. The quantitative estimate of drug-likeness (QED) is 0.734. The molecule has 1 aliphatic rings. The van der Waals surface area contributed by atoms with Crippen molar-refractivity contribution >= 4 is 17.7 Å². The summed E-state index contributed by atoms with van der Waals surface area (Å²) in [6.07, 6.45) is 0.624. The van der Waals surface area contributed by atoms with Crippen LogP contribution >= 0.6 is 11.6 Å². The van der Waals surface area contributed by atoms with Gasteiger partial charge < -0.3 is 9.64 Å². The van der Waals surface area contributed by atoms with E-state index in [9.17, 15) is 4.79 Å². The van der Waals surface area contributed by atoms with Crippen molar-refractivity contribution in [2.24, 2.45) is 0 Å². The van der Waals surface area contributed by atoms with Gasteiger partial charge in [-0.2, -0.15) is 0 Å². The van der Waals surface area contributed by atoms with Crippen molar-refractivity contribution in [1.29, 1.82) is 0 Å². The molecule has 1 amide bonds. The van der Waals surface area contributed by atoms with E-state index in [1.807, 2.05) is 26.8 Å². The van der Waals surface area contributed by atoms with Crippen molar-refractivity contribution in [3.05, 3.63) is 34.9 Å². The van der Waals surface area contributed by atoms with Gasteiger partial charge in [0.05, 0.1) is 0 Å². The van der Waals surface area contributed by atoms with Gasteiger partial charge in [0.2, 0.25) is 0 Å². The molecule has 1 aromatic rings. The average molecular weight is 282 g/mol. The van der Waals surface area contributed by atoms with Crippen LogP contribution in [0.2, 0.25) is 0 Å². The highest BCUT2D eigenvalue weighted by Crippen LogP contribution is 2.22. The fourth-order valence-electron chi connectivity index (χ4n) is 2.17. The minimum Gasteiger partial charge on any atom is -0.444 e. The molecule has 1 heterocycles. The number of rotatable bonds is 1. The zero-order valence-corrected chi connectivity index (χ0v) is 12.5. The first-order chi connectivity index (χ1) is 8.89. The number of fused-ring (bicyclic) bond motifs is 1. The highest BCUT2D eigenvalue weighted by atomic mass is 35.5. The predicted molar refractivity (Wildman–Crippen MR) is 76.3 cm³/mol. The van der Waals surface area contributed by atoms with E-state index < -0.39 is 5.60 Å². The molecular formula is C15H20ClNO2. The molecule has 0 aromatic heterocycles. The van der Waals surface area contributed by atoms with Crippen LogP contribution in [0.25, 0.3) is 0 Å². The van der Waals surface area contributed by atoms with Crippen molar-refractivity contribution in [1.82, 2.24) is 4.90 Å². The Kier molecular flexibility index (Phi) is 4.04. The van der Waals surface area contributed by atoms with Crippen LogP contribution in [0, 0.1) is 0 Å². The molecule has 0 N–H and O–H groups in total. The predicted octanol–water partition coefficient (Wildman–Crippen LogP) is 3.72. The lowest BCUT2D eigenvalue weighted by molar-refractivity contribution is 0.0224. The van der Waals surface area contributed by atoms with E-state index in [4.69, 9.17) is 16.3 Å². The Balaban J connectivity index is 2.08. The largest absolute Gasteiger partial charge is 0.444 e. The maximum atomic E-state index is 12.0. The molecule has 0 spiro atoms. The van der Waals surface area contributed by atoms with Crippen LogP contribution < -0.4 is 0 Å². The first kappa shape index (κ1) is 14.2. The summed E-state index contributed by atoms with van der Waals surface area (Å²) in [5.74, 6) is 0.531. The molecule has 0 saturated carbocycles. The van der Waals surface area contributed by atoms with E-state index in [1.54, 1.807) is 4.90 Å². The Bertz CT molecular complexity index is 480. The monoisotopic (exact) mass is 281 g/mol. The SMILES string of the molecule is CC(C)(C)OC(=O)N1CCc2cc(CCl)ccc2C1. The average Bonchev–Trinajstić information content (AvgIpc) is 2.35. The number of carbonyl (C=O) groups is 1. The number of ether oxygens (including phenoxy) is 1. The van der Waals surface area contributed by atoms with E-state index in [-0.39, 0.29) is 6.09 Å². The number of nitrogens with zero attached hydrogens (tertiary/aromatic N) is 1. The maximum absolute atomic E-state index is 12.0. The van der Waals surface area contributed by atoms with Gasteiger partial charge in [-0.15, -0.1) is 11.6 Å². The van der Waals surface area contributed by atoms with Gasteiger partial charge in [-0.3, -0.25) is 0 Å². The van der Waals surface area contributed by atoms with Gasteiger partial charge in [-0.05, 0) is 43.9 Å². The maximum Gasteiger partial charge on any atom is 0.410 e. The summed E-state index contributed by atoms with van der Waals surface area (Å²) in [5, 5.41) is 0. The molecule has 1 aromatic carbocycles. The van der Waals surface area contributed by atoms with Gasteiger partial charge >= 0.3 is 6.09 Å². The Hall–Kier alpha value is -1.22. The molecule has 19 heavy (non-hydrogen) atoms. The van der Waals surface area contributed by atoms with Crippen LogP contribution in [-0.4, -0.2) is 23.1 Å². The highest BCUT2D eigenvalue weighted by Gasteiger charge is 2.25. The van der Waals surface area contributed by atoms with Gasteiger partial charge in [0.15, 0.2) is 0 Å². The molecule has 3 nitrogen and oxygen atoms in total. The molecule has 0 aliphatic carbocycles. The Morgan fingerprint density at radius 3 is 2.74 bits per heavy atom. The first-order valence-electron chi connectivity index (χ1n) is 6.53. The van der Waals surface area contributed by atoms with Crippen LogP contribution in [0.4, 0.5) is 4.79 Å². The van der Waals surface area contributed by atoms with Gasteiger partial charge in [-0.1, -0.05) is 18.2 Å². The second kappa shape index (κ2) is 5.41. The topological polar surface area (TPSA) is 29.5 Å². The summed E-state index contributed by atoms with van der Waals surface area (Å²) in [7, 11) is 0. The van der Waals surface area contributed by atoms with Crippen LogP contribution in [0.15, 0.2) is 18.2 Å². The van der Waals surface area contributed by atoms with E-state index in [1.165, 1.54) is 11.1 Å². The van der Waals surface area contributed by atoms with Crippen LogP contribution in [0.5, 0.6) is 0 Å². The highest BCUT2D eigenvalue weighted by molar-refractivity contribution is 6.17. The van der Waals surface area contributed by atoms with Crippen molar-refractivity contribution in [3.8, 4) is 0 Å². The van der Waals surface area contributed by atoms with E-state index in [2.05, 4.69) is 12.1 Å². The number of halogens is 1. The summed E-state index contributed by atoms with van der Waals surface area (Å²) < 4.78 is 5.40. The number of carbonyl (C=O) groups excluding carboxylic acids is 1. The Labute approximate surface area is 119 Å². The third kappa shape index (κ3) is 3.63. The second-order valence-corrected chi connectivity index (χ2v) is 6.16. The molecule has 0 radical (unpaired) electrons. The van der Waals surface area contributed by atoms with Crippen LogP contribution in [0.3, 0.4) is 0 Å². The molecular weight excluding hydrogens is 262 g/mol. The molecule has 104 valence electrons. The third-order valence-electron chi connectivity index (χ3n) is 3.09.